The Morgan fingerprint density at radius 1 is 1.25 bits per heavy atom. The van der Waals surface area contributed by atoms with Crippen molar-refractivity contribution in [2.24, 2.45) is 0 Å². The first-order valence-corrected chi connectivity index (χ1v) is 6.83. The highest BCUT2D eigenvalue weighted by atomic mass is 16.5. The first-order chi connectivity index (χ1) is 9.66. The van der Waals surface area contributed by atoms with E-state index in [2.05, 4.69) is 0 Å². The summed E-state index contributed by atoms with van der Waals surface area (Å²) < 4.78 is 5.19. The molecular formula is C15H19NO4. The van der Waals surface area contributed by atoms with Crippen molar-refractivity contribution in [1.82, 2.24) is 4.90 Å². The average molecular weight is 277 g/mol. The Bertz CT molecular complexity index is 460. The lowest BCUT2D eigenvalue weighted by molar-refractivity contribution is -0.151. The van der Waals surface area contributed by atoms with Crippen LogP contribution in [0.3, 0.4) is 0 Å². The van der Waals surface area contributed by atoms with E-state index in [0.29, 0.717) is 13.0 Å². The molecule has 1 aliphatic heterocycles. The number of esters is 1. The van der Waals surface area contributed by atoms with Gasteiger partial charge in [0, 0.05) is 0 Å². The Morgan fingerprint density at radius 3 is 2.70 bits per heavy atom. The molecule has 20 heavy (non-hydrogen) atoms. The second-order valence-corrected chi connectivity index (χ2v) is 4.97. The van der Waals surface area contributed by atoms with Crippen LogP contribution in [0.2, 0.25) is 0 Å². The molecule has 1 fully saturated rings. The quantitative estimate of drug-likeness (QED) is 0.829. The third-order valence-electron chi connectivity index (χ3n) is 3.47. The van der Waals surface area contributed by atoms with Gasteiger partial charge in [-0.2, -0.15) is 0 Å². The lowest BCUT2D eigenvalue weighted by atomic mass is 10.0. The fourth-order valence-corrected chi connectivity index (χ4v) is 2.41. The predicted octanol–water partition coefficient (Wildman–Crippen LogP) is 1.67. The number of hydrogen-bond acceptors (Lipinski definition) is 4. The number of hydrogen-bond donors (Lipinski definition) is 1. The van der Waals surface area contributed by atoms with Gasteiger partial charge in [0.1, 0.15) is 12.6 Å². The number of piperidine rings is 1. The molecule has 1 aromatic carbocycles. The molecule has 0 saturated carbocycles. The van der Waals surface area contributed by atoms with E-state index in [-0.39, 0.29) is 19.1 Å². The second kappa shape index (κ2) is 7.05. The van der Waals surface area contributed by atoms with Crippen molar-refractivity contribution in [3.8, 4) is 0 Å². The number of carboxylic acid groups (broad SMARTS) is 1. The molecule has 2 rings (SSSR count). The molecule has 108 valence electrons. The molecule has 0 aliphatic carbocycles. The molecule has 0 radical (unpaired) electrons. The lowest BCUT2D eigenvalue weighted by Crippen LogP contribution is -2.47. The Kier molecular flexibility index (Phi) is 5.12. The highest BCUT2D eigenvalue weighted by molar-refractivity contribution is 5.76. The Hall–Kier alpha value is -1.88. The number of carbonyl (C=O) groups excluding carboxylic acids is 1. The van der Waals surface area contributed by atoms with Crippen LogP contribution in [-0.2, 0) is 20.9 Å². The normalized spacial score (nSPS) is 19.5. The number of ether oxygens (including phenoxy) is 1. The van der Waals surface area contributed by atoms with Crippen molar-refractivity contribution in [2.45, 2.75) is 31.9 Å². The number of aliphatic carboxylic acids is 1. The fraction of sp³-hybridized carbons (Fsp3) is 0.467. The topological polar surface area (TPSA) is 66.8 Å². The van der Waals surface area contributed by atoms with E-state index in [4.69, 9.17) is 9.84 Å². The van der Waals surface area contributed by atoms with Crippen molar-refractivity contribution in [3.63, 3.8) is 0 Å². The maximum absolute atomic E-state index is 11.8. The largest absolute Gasteiger partial charge is 0.480 e. The van der Waals surface area contributed by atoms with E-state index in [1.807, 2.05) is 30.3 Å². The summed E-state index contributed by atoms with van der Waals surface area (Å²) in [6, 6.07) is 8.87. The highest BCUT2D eigenvalue weighted by Crippen LogP contribution is 2.17. The van der Waals surface area contributed by atoms with Gasteiger partial charge in [-0.25, -0.2) is 0 Å². The van der Waals surface area contributed by atoms with Crippen molar-refractivity contribution in [2.75, 3.05) is 13.1 Å². The zero-order valence-corrected chi connectivity index (χ0v) is 11.3. The van der Waals surface area contributed by atoms with E-state index < -0.39 is 12.0 Å². The fourth-order valence-electron chi connectivity index (χ4n) is 2.41. The molecule has 1 aromatic rings. The Morgan fingerprint density at radius 2 is 2.00 bits per heavy atom. The van der Waals surface area contributed by atoms with Crippen LogP contribution in [0.4, 0.5) is 0 Å². The van der Waals surface area contributed by atoms with Gasteiger partial charge in [0.2, 0.25) is 0 Å². The number of rotatable bonds is 5. The average Bonchev–Trinajstić information content (AvgIpc) is 2.46. The zero-order chi connectivity index (χ0) is 14.4. The first-order valence-electron chi connectivity index (χ1n) is 6.83. The number of nitrogens with zero attached hydrogens (tertiary/aromatic N) is 1. The third kappa shape index (κ3) is 4.06. The van der Waals surface area contributed by atoms with E-state index in [0.717, 1.165) is 18.4 Å². The van der Waals surface area contributed by atoms with Gasteiger partial charge >= 0.3 is 11.9 Å². The van der Waals surface area contributed by atoms with Crippen molar-refractivity contribution in [1.29, 1.82) is 0 Å². The lowest BCUT2D eigenvalue weighted by Gasteiger charge is -2.31. The van der Waals surface area contributed by atoms with Gasteiger partial charge in [0.05, 0.1) is 6.54 Å². The van der Waals surface area contributed by atoms with Gasteiger partial charge < -0.3 is 9.84 Å². The first kappa shape index (κ1) is 14.5. The van der Waals surface area contributed by atoms with Crippen LogP contribution in [0.15, 0.2) is 30.3 Å². The van der Waals surface area contributed by atoms with E-state index in [1.54, 1.807) is 4.90 Å². The molecule has 1 N–H and O–H groups in total. The van der Waals surface area contributed by atoms with Gasteiger partial charge in [-0.3, -0.25) is 14.5 Å². The van der Waals surface area contributed by atoms with Crippen LogP contribution in [0.25, 0.3) is 0 Å². The Labute approximate surface area is 118 Å². The summed E-state index contributed by atoms with van der Waals surface area (Å²) in [7, 11) is 0. The molecule has 1 aliphatic rings. The Balaban J connectivity index is 1.82. The minimum Gasteiger partial charge on any atom is -0.480 e. The highest BCUT2D eigenvalue weighted by Gasteiger charge is 2.29. The van der Waals surface area contributed by atoms with Gasteiger partial charge in [-0.15, -0.1) is 0 Å². The summed E-state index contributed by atoms with van der Waals surface area (Å²) in [5.41, 5.74) is 0.925. The smallest absolute Gasteiger partial charge is 0.320 e. The number of likely N-dealkylation sites (tertiary alicyclic amines) is 1. The minimum absolute atomic E-state index is 0.0454. The van der Waals surface area contributed by atoms with E-state index >= 15 is 0 Å². The zero-order valence-electron chi connectivity index (χ0n) is 11.3. The number of carboxylic acids is 1. The summed E-state index contributed by atoms with van der Waals surface area (Å²) in [5.74, 6) is -1.23. The summed E-state index contributed by atoms with van der Waals surface area (Å²) >= 11 is 0. The summed E-state index contributed by atoms with van der Waals surface area (Å²) in [6.45, 7) is 0.909. The molecular weight excluding hydrogens is 258 g/mol. The molecule has 5 heteroatoms. The van der Waals surface area contributed by atoms with E-state index in [9.17, 15) is 9.59 Å². The SMILES string of the molecule is O=C(CN1CCCC[C@H]1C(=O)O)OCc1ccccc1. The van der Waals surface area contributed by atoms with Crippen LogP contribution in [0.5, 0.6) is 0 Å². The third-order valence-corrected chi connectivity index (χ3v) is 3.47. The minimum atomic E-state index is -0.861. The van der Waals surface area contributed by atoms with Gasteiger partial charge in [-0.1, -0.05) is 36.8 Å². The summed E-state index contributed by atoms with van der Waals surface area (Å²) in [5, 5.41) is 9.14. The maximum atomic E-state index is 11.8. The van der Waals surface area contributed by atoms with Crippen LogP contribution in [0.1, 0.15) is 24.8 Å². The maximum Gasteiger partial charge on any atom is 0.320 e. The van der Waals surface area contributed by atoms with Crippen molar-refractivity contribution < 1.29 is 19.4 Å². The van der Waals surface area contributed by atoms with Crippen LogP contribution >= 0.6 is 0 Å². The molecule has 0 spiro atoms. The van der Waals surface area contributed by atoms with Crippen LogP contribution in [-0.4, -0.2) is 41.1 Å². The monoisotopic (exact) mass is 277 g/mol. The molecule has 0 amide bonds. The molecule has 1 heterocycles. The predicted molar refractivity (Wildman–Crippen MR) is 73.1 cm³/mol. The second-order valence-electron chi connectivity index (χ2n) is 4.97. The molecule has 0 bridgehead atoms. The summed E-state index contributed by atoms with van der Waals surface area (Å²) in [4.78, 5) is 24.6. The van der Waals surface area contributed by atoms with Crippen molar-refractivity contribution in [3.05, 3.63) is 35.9 Å². The molecule has 1 atom stereocenters. The molecule has 5 nitrogen and oxygen atoms in total. The molecule has 1 saturated heterocycles. The number of carbonyl (C=O) groups is 2. The van der Waals surface area contributed by atoms with Crippen LogP contribution < -0.4 is 0 Å². The molecule has 0 aromatic heterocycles. The standard InChI is InChI=1S/C15H19NO4/c17-14(20-11-12-6-2-1-3-7-12)10-16-9-5-4-8-13(16)15(18)19/h1-3,6-7,13H,4-5,8-11H2,(H,18,19)/t13-/m0/s1. The number of benzene rings is 1. The molecule has 0 unspecified atom stereocenters. The van der Waals surface area contributed by atoms with Gasteiger partial charge in [0.25, 0.3) is 0 Å². The van der Waals surface area contributed by atoms with Gasteiger partial charge in [0.15, 0.2) is 0 Å². The van der Waals surface area contributed by atoms with Crippen molar-refractivity contribution >= 4 is 11.9 Å². The van der Waals surface area contributed by atoms with Crippen LogP contribution in [0, 0.1) is 0 Å². The summed E-state index contributed by atoms with van der Waals surface area (Å²) in [6.07, 6.45) is 2.42. The van der Waals surface area contributed by atoms with Gasteiger partial charge in [-0.05, 0) is 24.9 Å². The van der Waals surface area contributed by atoms with E-state index in [1.165, 1.54) is 0 Å².